The fourth-order valence-corrected chi connectivity index (χ4v) is 1.80. The van der Waals surface area contributed by atoms with Gasteiger partial charge in [-0.25, -0.2) is 0 Å². The van der Waals surface area contributed by atoms with Crippen molar-refractivity contribution < 1.29 is 9.90 Å². The van der Waals surface area contributed by atoms with Crippen LogP contribution in [0.15, 0.2) is 0 Å². The van der Waals surface area contributed by atoms with Crippen molar-refractivity contribution in [3.63, 3.8) is 0 Å². The highest BCUT2D eigenvalue weighted by atomic mass is 16.4. The zero-order valence-electron chi connectivity index (χ0n) is 9.25. The molecule has 1 amide bonds. The minimum atomic E-state index is -1.08. The number of hydrogen-bond donors (Lipinski definition) is 0. The second-order valence-corrected chi connectivity index (χ2v) is 4.41. The molecule has 0 saturated heterocycles. The zero-order valence-corrected chi connectivity index (χ0v) is 9.25. The van der Waals surface area contributed by atoms with E-state index in [2.05, 4.69) is 19.0 Å². The summed E-state index contributed by atoms with van der Waals surface area (Å²) in [5.41, 5.74) is 0.368. The van der Waals surface area contributed by atoms with E-state index >= 15 is 0 Å². The maximum atomic E-state index is 10.4. The Morgan fingerprint density at radius 1 is 1.36 bits per heavy atom. The predicted octanol–water partition coefficient (Wildman–Crippen LogP) is 0.136. The number of rotatable bonds is 5. The molecule has 14 heavy (non-hydrogen) atoms. The second kappa shape index (κ2) is 4.17. The number of nitrogens with zero attached hydrogens (tertiary/aromatic N) is 2. The molecule has 0 N–H and O–H groups in total. The standard InChI is InChI=1S/C10H20N2O2/c1-11(2)10(6-7-10)5-4-8-12(3)9(13)14/h4-8H2,1-3H3,(H,13,14)/p-1. The molecular weight excluding hydrogens is 180 g/mol. The van der Waals surface area contributed by atoms with Crippen molar-refractivity contribution in [2.45, 2.75) is 31.2 Å². The lowest BCUT2D eigenvalue weighted by molar-refractivity contribution is -0.264. The Bertz CT molecular complexity index is 212. The fourth-order valence-electron chi connectivity index (χ4n) is 1.80. The van der Waals surface area contributed by atoms with Gasteiger partial charge in [0.15, 0.2) is 0 Å². The fraction of sp³-hybridized carbons (Fsp3) is 0.900. The third kappa shape index (κ3) is 2.61. The summed E-state index contributed by atoms with van der Waals surface area (Å²) in [6.45, 7) is 0.581. The Morgan fingerprint density at radius 2 is 1.93 bits per heavy atom. The van der Waals surface area contributed by atoms with E-state index in [0.29, 0.717) is 12.1 Å². The van der Waals surface area contributed by atoms with E-state index < -0.39 is 6.09 Å². The first kappa shape index (κ1) is 11.3. The van der Waals surface area contributed by atoms with Crippen molar-refractivity contribution in [1.29, 1.82) is 0 Å². The van der Waals surface area contributed by atoms with E-state index in [0.717, 1.165) is 12.8 Å². The minimum absolute atomic E-state index is 0.368. The first-order valence-electron chi connectivity index (χ1n) is 5.07. The van der Waals surface area contributed by atoms with Crippen LogP contribution in [0.5, 0.6) is 0 Å². The van der Waals surface area contributed by atoms with Crippen LogP contribution in [0.3, 0.4) is 0 Å². The highest BCUT2D eigenvalue weighted by Gasteiger charge is 2.43. The second-order valence-electron chi connectivity index (χ2n) is 4.41. The van der Waals surface area contributed by atoms with Gasteiger partial charge in [-0.15, -0.1) is 0 Å². The molecule has 0 aromatic heterocycles. The lowest BCUT2D eigenvalue weighted by Crippen LogP contribution is -2.39. The molecule has 1 fully saturated rings. The molecule has 1 aliphatic rings. The number of hydrogen-bond acceptors (Lipinski definition) is 3. The topological polar surface area (TPSA) is 46.6 Å². The van der Waals surface area contributed by atoms with E-state index in [1.54, 1.807) is 7.05 Å². The normalized spacial score (nSPS) is 18.3. The summed E-state index contributed by atoms with van der Waals surface area (Å²) in [7, 11) is 5.75. The van der Waals surface area contributed by atoms with Gasteiger partial charge in [0.1, 0.15) is 6.09 Å². The molecule has 0 atom stereocenters. The van der Waals surface area contributed by atoms with E-state index in [-0.39, 0.29) is 0 Å². The molecule has 0 spiro atoms. The van der Waals surface area contributed by atoms with Gasteiger partial charge in [-0.05, 0) is 39.8 Å². The number of carbonyl (C=O) groups excluding carboxylic acids is 1. The van der Waals surface area contributed by atoms with E-state index in [1.165, 1.54) is 17.7 Å². The molecule has 0 aliphatic heterocycles. The van der Waals surface area contributed by atoms with Crippen LogP contribution in [0.2, 0.25) is 0 Å². The van der Waals surface area contributed by atoms with Crippen LogP contribution >= 0.6 is 0 Å². The number of carboxylic acid groups (broad SMARTS) is 1. The Kier molecular flexibility index (Phi) is 3.37. The van der Waals surface area contributed by atoms with Gasteiger partial charge in [-0.1, -0.05) is 0 Å². The predicted molar refractivity (Wildman–Crippen MR) is 52.9 cm³/mol. The molecule has 0 radical (unpaired) electrons. The maximum absolute atomic E-state index is 10.4. The van der Waals surface area contributed by atoms with Crippen molar-refractivity contribution in [3.8, 4) is 0 Å². The summed E-state index contributed by atoms with van der Waals surface area (Å²) in [5.74, 6) is 0. The monoisotopic (exact) mass is 199 g/mol. The summed E-state index contributed by atoms with van der Waals surface area (Å²) in [5, 5.41) is 10.4. The number of carbonyl (C=O) groups is 1. The highest BCUT2D eigenvalue weighted by Crippen LogP contribution is 2.43. The average molecular weight is 199 g/mol. The third-order valence-electron chi connectivity index (χ3n) is 3.22. The lowest BCUT2D eigenvalue weighted by atomic mass is 10.1. The molecule has 0 unspecified atom stereocenters. The Morgan fingerprint density at radius 3 is 2.29 bits per heavy atom. The van der Waals surface area contributed by atoms with Gasteiger partial charge in [0.05, 0.1) is 0 Å². The van der Waals surface area contributed by atoms with Crippen molar-refractivity contribution >= 4 is 6.09 Å². The first-order chi connectivity index (χ1) is 6.48. The van der Waals surface area contributed by atoms with Gasteiger partial charge in [-0.3, -0.25) is 0 Å². The maximum Gasteiger partial charge on any atom is 0.136 e. The summed E-state index contributed by atoms with van der Waals surface area (Å²) < 4.78 is 0. The van der Waals surface area contributed by atoms with Crippen LogP contribution in [0, 0.1) is 0 Å². The van der Waals surface area contributed by atoms with Crippen LogP contribution in [0.1, 0.15) is 25.7 Å². The van der Waals surface area contributed by atoms with Crippen LogP contribution in [0.25, 0.3) is 0 Å². The largest absolute Gasteiger partial charge is 0.530 e. The third-order valence-corrected chi connectivity index (χ3v) is 3.22. The molecule has 0 bridgehead atoms. The van der Waals surface area contributed by atoms with Gasteiger partial charge in [0.25, 0.3) is 0 Å². The molecule has 0 aromatic carbocycles. The molecular formula is C10H19N2O2-. The SMILES string of the molecule is CN(CCCC1(N(C)C)CC1)C(=O)[O-]. The Hall–Kier alpha value is -0.770. The molecule has 1 rings (SSSR count). The average Bonchev–Trinajstić information content (AvgIpc) is 2.85. The quantitative estimate of drug-likeness (QED) is 0.632. The highest BCUT2D eigenvalue weighted by molar-refractivity contribution is 5.61. The summed E-state index contributed by atoms with van der Waals surface area (Å²) in [6.07, 6.45) is 3.41. The number of amides is 1. The van der Waals surface area contributed by atoms with Gasteiger partial charge in [0, 0.05) is 19.1 Å². The first-order valence-corrected chi connectivity index (χ1v) is 5.07. The Balaban J connectivity index is 2.19. The van der Waals surface area contributed by atoms with E-state index in [4.69, 9.17) is 0 Å². The van der Waals surface area contributed by atoms with Gasteiger partial charge >= 0.3 is 0 Å². The van der Waals surface area contributed by atoms with Crippen molar-refractivity contribution in [2.75, 3.05) is 27.7 Å². The molecule has 0 aromatic rings. The zero-order chi connectivity index (χ0) is 10.8. The van der Waals surface area contributed by atoms with Gasteiger partial charge in [0.2, 0.25) is 0 Å². The summed E-state index contributed by atoms with van der Waals surface area (Å²) in [6, 6.07) is 0. The van der Waals surface area contributed by atoms with Crippen molar-refractivity contribution in [3.05, 3.63) is 0 Å². The van der Waals surface area contributed by atoms with Gasteiger partial charge in [-0.2, -0.15) is 0 Å². The molecule has 4 heteroatoms. The van der Waals surface area contributed by atoms with Gasteiger partial charge < -0.3 is 19.7 Å². The van der Waals surface area contributed by atoms with Crippen molar-refractivity contribution in [1.82, 2.24) is 9.80 Å². The van der Waals surface area contributed by atoms with Crippen LogP contribution < -0.4 is 5.11 Å². The molecule has 82 valence electrons. The van der Waals surface area contributed by atoms with Crippen molar-refractivity contribution in [2.24, 2.45) is 0 Å². The van der Waals surface area contributed by atoms with E-state index in [1.807, 2.05) is 0 Å². The Labute approximate surface area is 85.5 Å². The summed E-state index contributed by atoms with van der Waals surface area (Å²) >= 11 is 0. The minimum Gasteiger partial charge on any atom is -0.530 e. The van der Waals surface area contributed by atoms with Crippen LogP contribution in [-0.4, -0.2) is 49.1 Å². The molecule has 1 saturated carbocycles. The molecule has 1 aliphatic carbocycles. The van der Waals surface area contributed by atoms with E-state index in [9.17, 15) is 9.90 Å². The lowest BCUT2D eigenvalue weighted by Gasteiger charge is -2.25. The smallest absolute Gasteiger partial charge is 0.136 e. The van der Waals surface area contributed by atoms with Crippen LogP contribution in [0.4, 0.5) is 4.79 Å². The molecule has 4 nitrogen and oxygen atoms in total. The summed E-state index contributed by atoms with van der Waals surface area (Å²) in [4.78, 5) is 13.9. The van der Waals surface area contributed by atoms with Crippen LogP contribution in [-0.2, 0) is 0 Å². The molecule has 0 heterocycles.